The van der Waals surface area contributed by atoms with E-state index >= 15 is 0 Å². The summed E-state index contributed by atoms with van der Waals surface area (Å²) in [5, 5.41) is 8.58. The number of rotatable bonds is 13. The Morgan fingerprint density at radius 3 is 2.35 bits per heavy atom. The van der Waals surface area contributed by atoms with Gasteiger partial charge in [0.15, 0.2) is 11.3 Å². The summed E-state index contributed by atoms with van der Waals surface area (Å²) in [6.07, 6.45) is 3.25. The number of benzene rings is 2. The van der Waals surface area contributed by atoms with Crippen molar-refractivity contribution in [3.8, 4) is 11.3 Å². The molecule has 1 amide bonds. The number of nitrogens with zero attached hydrogens (tertiary/aromatic N) is 4. The molecule has 0 saturated carbocycles. The summed E-state index contributed by atoms with van der Waals surface area (Å²) in [6.45, 7) is 8.85. The maximum atomic E-state index is 14.2. The Kier molecular flexibility index (Phi) is 9.79. The highest BCUT2D eigenvalue weighted by Crippen LogP contribution is 2.34. The maximum absolute atomic E-state index is 14.2. The lowest BCUT2D eigenvalue weighted by Gasteiger charge is -2.26. The lowest BCUT2D eigenvalue weighted by Crippen LogP contribution is -2.42. The van der Waals surface area contributed by atoms with E-state index in [4.69, 9.17) is 0 Å². The Morgan fingerprint density at radius 1 is 1.00 bits per heavy atom. The third-order valence-electron chi connectivity index (χ3n) is 7.14. The third kappa shape index (κ3) is 6.99. The van der Waals surface area contributed by atoms with Crippen LogP contribution in [-0.4, -0.2) is 51.1 Å². The number of nitrogens with one attached hydrogen (secondary N) is 1. The van der Waals surface area contributed by atoms with Crippen LogP contribution in [0.4, 0.5) is 13.2 Å². The second-order valence-electron chi connectivity index (χ2n) is 10.4. The normalized spacial score (nSPS) is 12.9. The predicted molar refractivity (Wildman–Crippen MR) is 153 cm³/mol. The molecule has 214 valence electrons. The molecule has 1 N–H and O–H groups in total. The van der Waals surface area contributed by atoms with Crippen molar-refractivity contribution in [2.75, 3.05) is 19.6 Å². The molecule has 0 radical (unpaired) electrons. The van der Waals surface area contributed by atoms with Crippen LogP contribution in [0.25, 0.3) is 27.7 Å². The smallest absolute Gasteiger partial charge is 0.348 e. The summed E-state index contributed by atoms with van der Waals surface area (Å²) >= 11 is 0. The predicted octanol–water partition coefficient (Wildman–Crippen LogP) is 7.37. The molecule has 0 fully saturated rings. The van der Waals surface area contributed by atoms with Gasteiger partial charge in [-0.1, -0.05) is 82.0 Å². The van der Waals surface area contributed by atoms with E-state index in [-0.39, 0.29) is 22.9 Å². The monoisotopic (exact) mass is 553 g/mol. The summed E-state index contributed by atoms with van der Waals surface area (Å²) < 4.78 is 43.2. The zero-order chi connectivity index (χ0) is 28.7. The molecule has 0 aliphatic carbocycles. The fraction of sp³-hybridized carbons (Fsp3) is 0.452. The Hall–Kier alpha value is -3.46. The first-order chi connectivity index (χ1) is 19.2. The van der Waals surface area contributed by atoms with Crippen molar-refractivity contribution >= 4 is 22.3 Å². The fourth-order valence-electron chi connectivity index (χ4n) is 5.11. The lowest BCUT2D eigenvalue weighted by atomic mass is 10.0. The quantitative estimate of drug-likeness (QED) is 0.176. The number of amides is 1. The van der Waals surface area contributed by atoms with Gasteiger partial charge in [0.05, 0.1) is 11.9 Å². The maximum Gasteiger partial charge on any atom is 0.433 e. The Balaban J connectivity index is 1.63. The minimum atomic E-state index is -4.69. The first kappa shape index (κ1) is 29.5. The van der Waals surface area contributed by atoms with Crippen LogP contribution >= 0.6 is 0 Å². The number of hydrogen-bond acceptors (Lipinski definition) is 4. The molecule has 0 spiro atoms. The van der Waals surface area contributed by atoms with Crippen molar-refractivity contribution in [3.63, 3.8) is 0 Å². The van der Waals surface area contributed by atoms with Gasteiger partial charge in [-0.15, -0.1) is 0 Å². The second kappa shape index (κ2) is 13.3. The summed E-state index contributed by atoms with van der Waals surface area (Å²) in [5.74, 6) is -0.486. The van der Waals surface area contributed by atoms with E-state index in [1.165, 1.54) is 6.20 Å². The second-order valence-corrected chi connectivity index (χ2v) is 10.4. The molecular weight excluding hydrogens is 515 g/mol. The van der Waals surface area contributed by atoms with Crippen LogP contribution in [0.15, 0.2) is 54.7 Å². The van der Waals surface area contributed by atoms with Crippen LogP contribution in [0.2, 0.25) is 0 Å². The number of fused-ring (bicyclic) bond motifs is 2. The molecule has 40 heavy (non-hydrogen) atoms. The summed E-state index contributed by atoms with van der Waals surface area (Å²) in [6, 6.07) is 13.7. The van der Waals surface area contributed by atoms with Gasteiger partial charge in [-0.05, 0) is 49.7 Å². The van der Waals surface area contributed by atoms with Gasteiger partial charge in [0.2, 0.25) is 0 Å². The summed E-state index contributed by atoms with van der Waals surface area (Å²) in [4.78, 5) is 20.3. The van der Waals surface area contributed by atoms with E-state index in [9.17, 15) is 18.0 Å². The van der Waals surface area contributed by atoms with Crippen molar-refractivity contribution < 1.29 is 18.0 Å². The standard InChI is InChI=1S/C31H38F3N5O/c1-4-6-10-17-38(18-11-7-5-2)21-22(3)36-30(40)26-20-35-39-28(31(32,33)34)19-27(37-29(26)39)25-16-12-14-23-13-8-9-15-24(23)25/h8-9,12-16,19-20,22H,4-7,10-11,17-18,21H2,1-3H3,(H,36,40). The van der Waals surface area contributed by atoms with E-state index in [0.717, 1.165) is 73.0 Å². The first-order valence-corrected chi connectivity index (χ1v) is 14.2. The Morgan fingerprint density at radius 2 is 1.68 bits per heavy atom. The molecule has 2 aromatic heterocycles. The number of carbonyl (C=O) groups is 1. The van der Waals surface area contributed by atoms with E-state index in [1.54, 1.807) is 12.1 Å². The number of hydrogen-bond donors (Lipinski definition) is 1. The number of halogens is 3. The molecule has 4 rings (SSSR count). The van der Waals surface area contributed by atoms with E-state index < -0.39 is 17.8 Å². The van der Waals surface area contributed by atoms with Crippen LogP contribution < -0.4 is 5.32 Å². The first-order valence-electron chi connectivity index (χ1n) is 14.2. The molecule has 6 nitrogen and oxygen atoms in total. The van der Waals surface area contributed by atoms with E-state index in [0.29, 0.717) is 12.1 Å². The molecule has 0 aliphatic heterocycles. The van der Waals surface area contributed by atoms with E-state index in [1.807, 2.05) is 37.3 Å². The van der Waals surface area contributed by atoms with Gasteiger partial charge in [-0.2, -0.15) is 18.3 Å². The number of carbonyl (C=O) groups excluding carboxylic acids is 1. The van der Waals surface area contributed by atoms with Crippen molar-refractivity contribution in [1.29, 1.82) is 0 Å². The van der Waals surface area contributed by atoms with Crippen LogP contribution in [0.3, 0.4) is 0 Å². The van der Waals surface area contributed by atoms with Crippen molar-refractivity contribution in [2.24, 2.45) is 0 Å². The average Bonchev–Trinajstić information content (AvgIpc) is 3.36. The molecule has 9 heteroatoms. The molecule has 2 aromatic carbocycles. The fourth-order valence-corrected chi connectivity index (χ4v) is 5.11. The molecular formula is C31H38F3N5O. The van der Waals surface area contributed by atoms with Crippen molar-refractivity contribution in [2.45, 2.75) is 71.5 Å². The Bertz CT molecular complexity index is 1420. The van der Waals surface area contributed by atoms with Gasteiger partial charge in [-0.25, -0.2) is 9.50 Å². The van der Waals surface area contributed by atoms with E-state index in [2.05, 4.69) is 34.1 Å². The third-order valence-corrected chi connectivity index (χ3v) is 7.14. The molecule has 1 atom stereocenters. The van der Waals surface area contributed by atoms with Crippen LogP contribution in [0.1, 0.15) is 75.3 Å². The molecule has 0 aliphatic rings. The topological polar surface area (TPSA) is 62.5 Å². The lowest BCUT2D eigenvalue weighted by molar-refractivity contribution is -0.142. The van der Waals surface area contributed by atoms with Gasteiger partial charge in [-0.3, -0.25) is 4.79 Å². The molecule has 1 unspecified atom stereocenters. The zero-order valence-electron chi connectivity index (χ0n) is 23.5. The largest absolute Gasteiger partial charge is 0.433 e. The minimum Gasteiger partial charge on any atom is -0.348 e. The number of alkyl halides is 3. The van der Waals surface area contributed by atoms with Gasteiger partial charge >= 0.3 is 6.18 Å². The van der Waals surface area contributed by atoms with Crippen molar-refractivity contribution in [3.05, 3.63) is 66.0 Å². The van der Waals surface area contributed by atoms with Crippen LogP contribution in [0, 0.1) is 0 Å². The van der Waals surface area contributed by atoms with Gasteiger partial charge in [0.1, 0.15) is 5.56 Å². The number of unbranched alkanes of at least 4 members (excludes halogenated alkanes) is 4. The highest BCUT2D eigenvalue weighted by molar-refractivity contribution is 6.01. The summed E-state index contributed by atoms with van der Waals surface area (Å²) in [5.41, 5.74) is -0.391. The highest BCUT2D eigenvalue weighted by Gasteiger charge is 2.36. The van der Waals surface area contributed by atoms with Gasteiger partial charge < -0.3 is 10.2 Å². The van der Waals surface area contributed by atoms with Gasteiger partial charge in [0.25, 0.3) is 5.91 Å². The SMILES string of the molecule is CCCCCN(CCCCC)CC(C)NC(=O)c1cnn2c(C(F)(F)F)cc(-c3cccc4ccccc34)nc12. The summed E-state index contributed by atoms with van der Waals surface area (Å²) in [7, 11) is 0. The molecule has 0 bridgehead atoms. The van der Waals surface area contributed by atoms with Crippen molar-refractivity contribution in [1.82, 2.24) is 24.8 Å². The minimum absolute atomic E-state index is 0.0166. The Labute approximate surface area is 233 Å². The highest BCUT2D eigenvalue weighted by atomic mass is 19.4. The number of aromatic nitrogens is 3. The average molecular weight is 554 g/mol. The van der Waals surface area contributed by atoms with Crippen LogP contribution in [0.5, 0.6) is 0 Å². The molecule has 4 aromatic rings. The molecule has 2 heterocycles. The zero-order valence-corrected chi connectivity index (χ0v) is 23.5. The molecule has 0 saturated heterocycles. The van der Waals surface area contributed by atoms with Gasteiger partial charge in [0, 0.05) is 18.2 Å². The van der Waals surface area contributed by atoms with Crippen LogP contribution in [-0.2, 0) is 6.18 Å².